The van der Waals surface area contributed by atoms with Crippen LogP contribution in [0.3, 0.4) is 0 Å². The third-order valence-electron chi connectivity index (χ3n) is 5.31. The maximum absolute atomic E-state index is 4.66. The molecule has 0 aromatic carbocycles. The van der Waals surface area contributed by atoms with E-state index >= 15 is 0 Å². The van der Waals surface area contributed by atoms with Gasteiger partial charge in [0.2, 0.25) is 0 Å². The van der Waals surface area contributed by atoms with Gasteiger partial charge in [0.1, 0.15) is 12.1 Å². The van der Waals surface area contributed by atoms with Gasteiger partial charge in [0.25, 0.3) is 0 Å². The largest absolute Gasteiger partial charge is 0.351 e. The number of nitrogens with zero attached hydrogens (tertiary/aromatic N) is 4. The number of fused-ring (bicyclic) bond motifs is 2. The molecule has 2 saturated heterocycles. The summed E-state index contributed by atoms with van der Waals surface area (Å²) >= 11 is 0. The van der Waals surface area contributed by atoms with E-state index in [4.69, 9.17) is 0 Å². The molecule has 3 aliphatic heterocycles. The van der Waals surface area contributed by atoms with Gasteiger partial charge in [-0.1, -0.05) is 6.42 Å². The van der Waals surface area contributed by atoms with E-state index in [1.165, 1.54) is 49.4 Å². The molecule has 3 aliphatic rings. The predicted molar refractivity (Wildman–Crippen MR) is 83.5 cm³/mol. The van der Waals surface area contributed by atoms with E-state index in [0.717, 1.165) is 32.1 Å². The highest BCUT2D eigenvalue weighted by Gasteiger charge is 2.34. The molecular weight excluding hydrogens is 262 g/mol. The molecule has 0 radical (unpaired) electrons. The van der Waals surface area contributed by atoms with Gasteiger partial charge < -0.3 is 10.2 Å². The number of rotatable bonds is 1. The van der Waals surface area contributed by atoms with Crippen LogP contribution < -0.4 is 10.2 Å². The molecule has 1 aromatic rings. The number of piperazine rings is 1. The second-order valence-electron chi connectivity index (χ2n) is 6.70. The van der Waals surface area contributed by atoms with Crippen molar-refractivity contribution in [2.75, 3.05) is 31.1 Å². The van der Waals surface area contributed by atoms with Gasteiger partial charge in [-0.3, -0.25) is 4.90 Å². The Hall–Kier alpha value is -1.20. The summed E-state index contributed by atoms with van der Waals surface area (Å²) in [7, 11) is 0. The molecule has 4 rings (SSSR count). The summed E-state index contributed by atoms with van der Waals surface area (Å²) < 4.78 is 0. The summed E-state index contributed by atoms with van der Waals surface area (Å²) in [5, 5.41) is 3.47. The second-order valence-corrected chi connectivity index (χ2v) is 6.70. The molecule has 5 nitrogen and oxygen atoms in total. The SMILES string of the molecule is CC1CN2CCCCC2CN1c1ncnc2c1CNCC2. The highest BCUT2D eigenvalue weighted by atomic mass is 15.3. The Morgan fingerprint density at radius 1 is 1.24 bits per heavy atom. The molecule has 2 fully saturated rings. The van der Waals surface area contributed by atoms with Gasteiger partial charge >= 0.3 is 0 Å². The topological polar surface area (TPSA) is 44.3 Å². The maximum Gasteiger partial charge on any atom is 0.137 e. The zero-order chi connectivity index (χ0) is 14.2. The molecule has 0 spiro atoms. The molecule has 0 amide bonds. The predicted octanol–water partition coefficient (Wildman–Crippen LogP) is 1.19. The van der Waals surface area contributed by atoms with Gasteiger partial charge in [-0.2, -0.15) is 0 Å². The number of hydrogen-bond acceptors (Lipinski definition) is 5. The van der Waals surface area contributed by atoms with Crippen LogP contribution in [0.15, 0.2) is 6.33 Å². The lowest BCUT2D eigenvalue weighted by atomic mass is 9.96. The van der Waals surface area contributed by atoms with Gasteiger partial charge in [-0.15, -0.1) is 0 Å². The Morgan fingerprint density at radius 2 is 2.19 bits per heavy atom. The number of anilines is 1. The number of aromatic nitrogens is 2. The Bertz CT molecular complexity index is 517. The zero-order valence-electron chi connectivity index (χ0n) is 12.9. The zero-order valence-corrected chi connectivity index (χ0v) is 12.9. The number of hydrogen-bond donors (Lipinski definition) is 1. The lowest BCUT2D eigenvalue weighted by Gasteiger charge is -2.48. The molecular formula is C16H25N5. The Labute approximate surface area is 126 Å². The van der Waals surface area contributed by atoms with Gasteiger partial charge in [0, 0.05) is 50.2 Å². The second kappa shape index (κ2) is 5.54. The van der Waals surface area contributed by atoms with Crippen LogP contribution in [0.4, 0.5) is 5.82 Å². The third-order valence-corrected chi connectivity index (χ3v) is 5.31. The van der Waals surface area contributed by atoms with Crippen LogP contribution in [0.1, 0.15) is 37.4 Å². The van der Waals surface area contributed by atoms with Crippen LogP contribution >= 0.6 is 0 Å². The summed E-state index contributed by atoms with van der Waals surface area (Å²) in [5.41, 5.74) is 2.58. The summed E-state index contributed by atoms with van der Waals surface area (Å²) in [6, 6.07) is 1.26. The summed E-state index contributed by atoms with van der Waals surface area (Å²) in [4.78, 5) is 14.4. The summed E-state index contributed by atoms with van der Waals surface area (Å²) in [6.07, 6.45) is 6.89. The van der Waals surface area contributed by atoms with Crippen molar-refractivity contribution < 1.29 is 0 Å². The normalized spacial score (nSPS) is 29.9. The van der Waals surface area contributed by atoms with Crippen molar-refractivity contribution in [3.63, 3.8) is 0 Å². The number of piperidine rings is 1. The minimum Gasteiger partial charge on any atom is -0.351 e. The molecule has 1 N–H and O–H groups in total. The van der Waals surface area contributed by atoms with E-state index in [9.17, 15) is 0 Å². The van der Waals surface area contributed by atoms with E-state index < -0.39 is 0 Å². The van der Waals surface area contributed by atoms with Gasteiger partial charge in [0.05, 0.1) is 5.69 Å². The van der Waals surface area contributed by atoms with Crippen LogP contribution in [0.5, 0.6) is 0 Å². The molecule has 0 aliphatic carbocycles. The molecule has 0 saturated carbocycles. The summed E-state index contributed by atoms with van der Waals surface area (Å²) in [5.74, 6) is 1.19. The van der Waals surface area contributed by atoms with E-state index in [1.807, 2.05) is 0 Å². The first-order valence-electron chi connectivity index (χ1n) is 8.37. The first kappa shape index (κ1) is 13.5. The van der Waals surface area contributed by atoms with Gasteiger partial charge in [-0.25, -0.2) is 9.97 Å². The Morgan fingerprint density at radius 3 is 3.14 bits per heavy atom. The Balaban J connectivity index is 1.63. The molecule has 0 bridgehead atoms. The molecule has 2 unspecified atom stereocenters. The van der Waals surface area contributed by atoms with Crippen molar-refractivity contribution in [3.05, 3.63) is 17.6 Å². The minimum atomic E-state index is 0.542. The molecule has 5 heteroatoms. The van der Waals surface area contributed by atoms with Crippen LogP contribution in [0.2, 0.25) is 0 Å². The van der Waals surface area contributed by atoms with Gasteiger partial charge in [-0.05, 0) is 26.3 Å². The molecule has 114 valence electrons. The quantitative estimate of drug-likeness (QED) is 0.840. The van der Waals surface area contributed by atoms with Crippen molar-refractivity contribution in [2.24, 2.45) is 0 Å². The molecule has 2 atom stereocenters. The van der Waals surface area contributed by atoms with Crippen LogP contribution in [0.25, 0.3) is 0 Å². The first-order valence-corrected chi connectivity index (χ1v) is 8.37. The Kier molecular flexibility index (Phi) is 3.55. The lowest BCUT2D eigenvalue weighted by Crippen LogP contribution is -2.59. The van der Waals surface area contributed by atoms with Crippen molar-refractivity contribution >= 4 is 5.82 Å². The number of nitrogens with one attached hydrogen (secondary N) is 1. The fourth-order valence-electron chi connectivity index (χ4n) is 4.15. The highest BCUT2D eigenvalue weighted by molar-refractivity contribution is 5.51. The monoisotopic (exact) mass is 287 g/mol. The maximum atomic E-state index is 4.66. The third kappa shape index (κ3) is 2.42. The average molecular weight is 287 g/mol. The fourth-order valence-corrected chi connectivity index (χ4v) is 4.15. The lowest BCUT2D eigenvalue weighted by molar-refractivity contribution is 0.115. The van der Waals surface area contributed by atoms with Crippen molar-refractivity contribution in [3.8, 4) is 0 Å². The van der Waals surface area contributed by atoms with Crippen LogP contribution in [0, 0.1) is 0 Å². The molecule has 1 aromatic heterocycles. The van der Waals surface area contributed by atoms with Crippen LogP contribution in [-0.4, -0.2) is 53.1 Å². The van der Waals surface area contributed by atoms with Crippen molar-refractivity contribution in [1.29, 1.82) is 0 Å². The smallest absolute Gasteiger partial charge is 0.137 e. The van der Waals surface area contributed by atoms with E-state index in [2.05, 4.69) is 32.0 Å². The standard InChI is InChI=1S/C16H25N5/c1-12-9-20-7-3-2-4-13(20)10-21(12)16-14-8-17-6-5-15(14)18-11-19-16/h11-13,17H,2-10H2,1H3. The minimum absolute atomic E-state index is 0.542. The summed E-state index contributed by atoms with van der Waals surface area (Å²) in [6.45, 7) is 7.89. The first-order chi connectivity index (χ1) is 10.3. The van der Waals surface area contributed by atoms with Crippen molar-refractivity contribution in [2.45, 2.75) is 51.2 Å². The van der Waals surface area contributed by atoms with E-state index in [0.29, 0.717) is 6.04 Å². The van der Waals surface area contributed by atoms with Gasteiger partial charge in [0.15, 0.2) is 0 Å². The van der Waals surface area contributed by atoms with Crippen molar-refractivity contribution in [1.82, 2.24) is 20.2 Å². The van der Waals surface area contributed by atoms with E-state index in [-0.39, 0.29) is 0 Å². The van der Waals surface area contributed by atoms with E-state index in [1.54, 1.807) is 6.33 Å². The fraction of sp³-hybridized carbons (Fsp3) is 0.750. The molecule has 21 heavy (non-hydrogen) atoms. The highest BCUT2D eigenvalue weighted by Crippen LogP contribution is 2.30. The molecule has 4 heterocycles. The van der Waals surface area contributed by atoms with Crippen LogP contribution in [-0.2, 0) is 13.0 Å². The average Bonchev–Trinajstić information content (AvgIpc) is 2.54.